The molecule has 6 heteroatoms. The standard InChI is InChI=1S/C24H22BrClN2O2/c1-15(2)24(30)28-20-8-5-7-19(13-20)27-14-18-11-16(12-21(25)23(18)29)10-17-6-3-4-9-22(17)26/h3-9,11-15,29H,10H2,1-2H3,(H,28,30). The van der Waals surface area contributed by atoms with E-state index in [1.165, 1.54) is 0 Å². The highest BCUT2D eigenvalue weighted by Gasteiger charge is 2.10. The van der Waals surface area contributed by atoms with Crippen molar-refractivity contribution < 1.29 is 9.90 Å². The van der Waals surface area contributed by atoms with Crippen molar-refractivity contribution >= 4 is 51.0 Å². The van der Waals surface area contributed by atoms with Crippen LogP contribution in [-0.2, 0) is 11.2 Å². The third-order valence-corrected chi connectivity index (χ3v) is 5.47. The highest BCUT2D eigenvalue weighted by atomic mass is 79.9. The molecule has 30 heavy (non-hydrogen) atoms. The summed E-state index contributed by atoms with van der Waals surface area (Å²) in [4.78, 5) is 16.4. The summed E-state index contributed by atoms with van der Waals surface area (Å²) in [5.41, 5.74) is 3.94. The van der Waals surface area contributed by atoms with Crippen molar-refractivity contribution in [3.8, 4) is 5.75 Å². The summed E-state index contributed by atoms with van der Waals surface area (Å²) in [5.74, 6) is -0.0387. The number of hydrogen-bond acceptors (Lipinski definition) is 3. The van der Waals surface area contributed by atoms with Gasteiger partial charge in [0.05, 0.1) is 10.2 Å². The Bertz CT molecular complexity index is 1100. The van der Waals surface area contributed by atoms with Crippen LogP contribution in [-0.4, -0.2) is 17.2 Å². The van der Waals surface area contributed by atoms with Crippen molar-refractivity contribution in [2.24, 2.45) is 10.9 Å². The van der Waals surface area contributed by atoms with Crippen LogP contribution in [0.1, 0.15) is 30.5 Å². The van der Waals surface area contributed by atoms with E-state index in [0.29, 0.717) is 32.9 Å². The predicted octanol–water partition coefficient (Wildman–Crippen LogP) is 6.74. The Morgan fingerprint density at radius 3 is 2.67 bits per heavy atom. The average Bonchev–Trinajstić information content (AvgIpc) is 2.71. The van der Waals surface area contributed by atoms with Gasteiger partial charge in [-0.3, -0.25) is 9.79 Å². The molecule has 3 aromatic rings. The number of benzene rings is 3. The molecule has 1 amide bonds. The molecule has 0 spiro atoms. The summed E-state index contributed by atoms with van der Waals surface area (Å²) >= 11 is 9.69. The number of carbonyl (C=O) groups excluding carboxylic acids is 1. The van der Waals surface area contributed by atoms with Crippen LogP contribution in [0.3, 0.4) is 0 Å². The smallest absolute Gasteiger partial charge is 0.226 e. The first-order valence-electron chi connectivity index (χ1n) is 9.53. The quantitative estimate of drug-likeness (QED) is 0.380. The molecule has 154 valence electrons. The van der Waals surface area contributed by atoms with E-state index in [0.717, 1.165) is 11.1 Å². The molecule has 0 saturated heterocycles. The predicted molar refractivity (Wildman–Crippen MR) is 127 cm³/mol. The first-order chi connectivity index (χ1) is 14.3. The second-order valence-corrected chi connectivity index (χ2v) is 8.50. The van der Waals surface area contributed by atoms with Gasteiger partial charge in [-0.1, -0.05) is 49.7 Å². The molecular formula is C24H22BrClN2O2. The van der Waals surface area contributed by atoms with Gasteiger partial charge >= 0.3 is 0 Å². The zero-order valence-electron chi connectivity index (χ0n) is 16.7. The number of nitrogens with zero attached hydrogens (tertiary/aromatic N) is 1. The minimum Gasteiger partial charge on any atom is -0.506 e. The van der Waals surface area contributed by atoms with Gasteiger partial charge in [0, 0.05) is 28.4 Å². The van der Waals surface area contributed by atoms with Crippen molar-refractivity contribution in [3.05, 3.63) is 86.8 Å². The van der Waals surface area contributed by atoms with Crippen molar-refractivity contribution in [2.75, 3.05) is 5.32 Å². The molecule has 4 nitrogen and oxygen atoms in total. The molecule has 2 N–H and O–H groups in total. The minimum atomic E-state index is -0.104. The SMILES string of the molecule is CC(C)C(=O)Nc1cccc(N=Cc2cc(Cc3ccccc3Cl)cc(Br)c2O)c1. The maximum atomic E-state index is 11.9. The van der Waals surface area contributed by atoms with Crippen LogP contribution in [0.4, 0.5) is 11.4 Å². The number of phenolic OH excluding ortho intramolecular Hbond substituents is 1. The van der Waals surface area contributed by atoms with E-state index in [2.05, 4.69) is 26.2 Å². The van der Waals surface area contributed by atoms with Crippen LogP contribution >= 0.6 is 27.5 Å². The van der Waals surface area contributed by atoms with E-state index in [1.54, 1.807) is 12.3 Å². The van der Waals surface area contributed by atoms with Crippen LogP contribution in [0.5, 0.6) is 5.75 Å². The molecule has 0 heterocycles. The van der Waals surface area contributed by atoms with Crippen LogP contribution in [0.25, 0.3) is 0 Å². The molecule has 0 aliphatic rings. The molecule has 3 rings (SSSR count). The highest BCUT2D eigenvalue weighted by molar-refractivity contribution is 9.10. The lowest BCUT2D eigenvalue weighted by atomic mass is 10.0. The number of halogens is 2. The van der Waals surface area contributed by atoms with Crippen molar-refractivity contribution in [2.45, 2.75) is 20.3 Å². The number of rotatable bonds is 6. The lowest BCUT2D eigenvalue weighted by Crippen LogP contribution is -2.17. The Morgan fingerprint density at radius 1 is 1.17 bits per heavy atom. The van der Waals surface area contributed by atoms with E-state index >= 15 is 0 Å². The topological polar surface area (TPSA) is 61.7 Å². The second kappa shape index (κ2) is 9.92. The fourth-order valence-electron chi connectivity index (χ4n) is 2.84. The van der Waals surface area contributed by atoms with Gasteiger partial charge in [0.25, 0.3) is 0 Å². The lowest BCUT2D eigenvalue weighted by molar-refractivity contribution is -0.118. The fraction of sp³-hybridized carbons (Fsp3) is 0.167. The number of phenols is 1. The number of hydrogen-bond donors (Lipinski definition) is 2. The monoisotopic (exact) mass is 484 g/mol. The zero-order chi connectivity index (χ0) is 21.7. The van der Waals surface area contributed by atoms with E-state index in [-0.39, 0.29) is 17.6 Å². The van der Waals surface area contributed by atoms with Crippen molar-refractivity contribution in [3.63, 3.8) is 0 Å². The van der Waals surface area contributed by atoms with E-state index in [4.69, 9.17) is 11.6 Å². The Hall–Kier alpha value is -2.63. The molecule has 0 aromatic heterocycles. The fourth-order valence-corrected chi connectivity index (χ4v) is 3.56. The Morgan fingerprint density at radius 2 is 1.93 bits per heavy atom. The van der Waals surface area contributed by atoms with E-state index in [9.17, 15) is 9.90 Å². The number of nitrogens with one attached hydrogen (secondary N) is 1. The van der Waals surface area contributed by atoms with Gasteiger partial charge in [0.2, 0.25) is 5.91 Å². The lowest BCUT2D eigenvalue weighted by Gasteiger charge is -2.09. The number of aliphatic imine (C=N–C) groups is 1. The largest absolute Gasteiger partial charge is 0.506 e. The minimum absolute atomic E-state index is 0.0509. The van der Waals surface area contributed by atoms with Crippen molar-refractivity contribution in [1.29, 1.82) is 0 Å². The van der Waals surface area contributed by atoms with Gasteiger partial charge in [0.15, 0.2) is 0 Å². The Labute approximate surface area is 189 Å². The molecule has 0 radical (unpaired) electrons. The van der Waals surface area contributed by atoms with Gasteiger partial charge in [-0.15, -0.1) is 0 Å². The highest BCUT2D eigenvalue weighted by Crippen LogP contribution is 2.31. The summed E-state index contributed by atoms with van der Waals surface area (Å²) in [7, 11) is 0. The first-order valence-corrected chi connectivity index (χ1v) is 10.7. The molecule has 0 fully saturated rings. The van der Waals surface area contributed by atoms with E-state index in [1.807, 2.05) is 68.4 Å². The van der Waals surface area contributed by atoms with Crippen LogP contribution < -0.4 is 5.32 Å². The van der Waals surface area contributed by atoms with Crippen LogP contribution in [0.2, 0.25) is 5.02 Å². The molecule has 0 bridgehead atoms. The van der Waals surface area contributed by atoms with Gasteiger partial charge < -0.3 is 10.4 Å². The molecule has 0 aliphatic heterocycles. The second-order valence-electron chi connectivity index (χ2n) is 7.24. The van der Waals surface area contributed by atoms with E-state index < -0.39 is 0 Å². The van der Waals surface area contributed by atoms with Gasteiger partial charge in [-0.2, -0.15) is 0 Å². The zero-order valence-corrected chi connectivity index (χ0v) is 19.0. The van der Waals surface area contributed by atoms with Crippen LogP contribution in [0, 0.1) is 5.92 Å². The molecule has 3 aromatic carbocycles. The van der Waals surface area contributed by atoms with Crippen molar-refractivity contribution in [1.82, 2.24) is 0 Å². The average molecular weight is 486 g/mol. The van der Waals surface area contributed by atoms with Gasteiger partial charge in [-0.05, 0) is 69.9 Å². The van der Waals surface area contributed by atoms with Crippen LogP contribution in [0.15, 0.2) is 70.1 Å². The number of anilines is 1. The van der Waals surface area contributed by atoms with Gasteiger partial charge in [0.1, 0.15) is 5.75 Å². The summed E-state index contributed by atoms with van der Waals surface area (Å²) in [6, 6.07) is 18.7. The molecule has 0 unspecified atom stereocenters. The molecule has 0 saturated carbocycles. The molecule has 0 atom stereocenters. The number of aromatic hydroxyl groups is 1. The maximum Gasteiger partial charge on any atom is 0.226 e. The summed E-state index contributed by atoms with van der Waals surface area (Å²) in [6.07, 6.45) is 2.25. The number of amides is 1. The molecule has 0 aliphatic carbocycles. The summed E-state index contributed by atoms with van der Waals surface area (Å²) < 4.78 is 0.589. The van der Waals surface area contributed by atoms with Gasteiger partial charge in [-0.25, -0.2) is 0 Å². The maximum absolute atomic E-state index is 11.9. The molecular weight excluding hydrogens is 464 g/mol. The third-order valence-electron chi connectivity index (χ3n) is 4.50. The normalized spacial score (nSPS) is 11.2. The summed E-state index contributed by atoms with van der Waals surface area (Å²) in [5, 5.41) is 14.0. The Balaban J connectivity index is 1.84. The first kappa shape index (κ1) is 22.1. The number of carbonyl (C=O) groups is 1. The summed E-state index contributed by atoms with van der Waals surface area (Å²) in [6.45, 7) is 3.68. The third kappa shape index (κ3) is 5.71. The Kier molecular flexibility index (Phi) is 7.29.